The number of ether oxygens (including phenoxy) is 1. The van der Waals surface area contributed by atoms with E-state index in [0.717, 1.165) is 32.2 Å². The van der Waals surface area contributed by atoms with E-state index in [-0.39, 0.29) is 0 Å². The van der Waals surface area contributed by atoms with E-state index in [9.17, 15) is 0 Å². The lowest BCUT2D eigenvalue weighted by atomic mass is 9.72. The van der Waals surface area contributed by atoms with E-state index in [0.29, 0.717) is 17.5 Å². The molecule has 0 amide bonds. The Morgan fingerprint density at radius 1 is 1.25 bits per heavy atom. The van der Waals surface area contributed by atoms with Gasteiger partial charge in [0.2, 0.25) is 0 Å². The maximum Gasteiger partial charge on any atom is 0.0593 e. The zero-order valence-corrected chi connectivity index (χ0v) is 14.0. The molecule has 2 aliphatic rings. The lowest BCUT2D eigenvalue weighted by Crippen LogP contribution is -2.54. The fraction of sp³-hybridized carbons (Fsp3) is 1.00. The average Bonchev–Trinajstić information content (AvgIpc) is 3.20. The third-order valence-electron chi connectivity index (χ3n) is 5.03. The molecule has 0 aliphatic heterocycles. The van der Waals surface area contributed by atoms with Crippen molar-refractivity contribution in [1.29, 1.82) is 0 Å². The van der Waals surface area contributed by atoms with Gasteiger partial charge in [0, 0.05) is 25.2 Å². The summed E-state index contributed by atoms with van der Waals surface area (Å²) < 4.78 is 5.80. The molecule has 1 N–H and O–H groups in total. The summed E-state index contributed by atoms with van der Waals surface area (Å²) in [6.45, 7) is 11.1. The molecular weight excluding hydrogens is 248 g/mol. The normalized spacial score (nSPS) is 29.9. The van der Waals surface area contributed by atoms with Gasteiger partial charge >= 0.3 is 0 Å². The maximum absolute atomic E-state index is 5.80. The predicted molar refractivity (Wildman–Crippen MR) is 85.1 cm³/mol. The molecule has 3 nitrogen and oxygen atoms in total. The summed E-state index contributed by atoms with van der Waals surface area (Å²) in [6, 6.07) is 1.31. The first-order valence-electron chi connectivity index (χ1n) is 8.53. The van der Waals surface area contributed by atoms with Crippen LogP contribution in [0.3, 0.4) is 0 Å². The summed E-state index contributed by atoms with van der Waals surface area (Å²) >= 11 is 0. The molecule has 20 heavy (non-hydrogen) atoms. The molecule has 0 saturated heterocycles. The first kappa shape index (κ1) is 16.3. The van der Waals surface area contributed by atoms with E-state index in [2.05, 4.69) is 38.0 Å². The van der Waals surface area contributed by atoms with Crippen molar-refractivity contribution < 1.29 is 4.74 Å². The lowest BCUT2D eigenvalue weighted by molar-refractivity contribution is 0.0487. The largest absolute Gasteiger partial charge is 0.380 e. The molecule has 2 rings (SSSR count). The summed E-state index contributed by atoms with van der Waals surface area (Å²) in [5.74, 6) is 0.878. The van der Waals surface area contributed by atoms with Crippen LogP contribution in [0.25, 0.3) is 0 Å². The zero-order chi connectivity index (χ0) is 14.6. The second-order valence-electron chi connectivity index (χ2n) is 7.64. The summed E-state index contributed by atoms with van der Waals surface area (Å²) in [5.41, 5.74) is 0.486. The summed E-state index contributed by atoms with van der Waals surface area (Å²) in [5, 5.41) is 3.69. The van der Waals surface area contributed by atoms with E-state index >= 15 is 0 Å². The Labute approximate surface area is 125 Å². The standard InChI is InChI=1S/C17H34N2O/c1-5-18-15-8-9-17(2,3)12-16(15)19(4)10-11-20-13-14-6-7-14/h14-16,18H,5-13H2,1-4H3. The van der Waals surface area contributed by atoms with Gasteiger partial charge in [0.05, 0.1) is 6.61 Å². The Hall–Kier alpha value is -0.120. The topological polar surface area (TPSA) is 24.5 Å². The van der Waals surface area contributed by atoms with Crippen LogP contribution >= 0.6 is 0 Å². The van der Waals surface area contributed by atoms with Crippen LogP contribution in [-0.2, 0) is 4.74 Å². The Bertz CT molecular complexity index is 289. The number of hydrogen-bond donors (Lipinski definition) is 1. The molecule has 2 aliphatic carbocycles. The van der Waals surface area contributed by atoms with E-state index in [1.54, 1.807) is 0 Å². The third kappa shape index (κ3) is 5.01. The van der Waals surface area contributed by atoms with Gasteiger partial charge in [0.15, 0.2) is 0 Å². The average molecular weight is 282 g/mol. The van der Waals surface area contributed by atoms with Gasteiger partial charge in [-0.05, 0) is 57.0 Å². The van der Waals surface area contributed by atoms with Crippen LogP contribution in [0.1, 0.15) is 52.9 Å². The van der Waals surface area contributed by atoms with Crippen LogP contribution in [0.15, 0.2) is 0 Å². The van der Waals surface area contributed by atoms with Crippen molar-refractivity contribution in [3.8, 4) is 0 Å². The fourth-order valence-electron chi connectivity index (χ4n) is 3.42. The molecule has 118 valence electrons. The van der Waals surface area contributed by atoms with Crippen molar-refractivity contribution in [2.24, 2.45) is 11.3 Å². The Balaban J connectivity index is 1.77. The lowest BCUT2D eigenvalue weighted by Gasteiger charge is -2.45. The van der Waals surface area contributed by atoms with Gasteiger partial charge in [0.1, 0.15) is 0 Å². The van der Waals surface area contributed by atoms with Crippen molar-refractivity contribution in [1.82, 2.24) is 10.2 Å². The second kappa shape index (κ2) is 7.24. The van der Waals surface area contributed by atoms with Gasteiger partial charge in [-0.15, -0.1) is 0 Å². The quantitative estimate of drug-likeness (QED) is 0.693. The molecule has 0 radical (unpaired) electrons. The first-order chi connectivity index (χ1) is 9.52. The summed E-state index contributed by atoms with van der Waals surface area (Å²) in [6.07, 6.45) is 6.71. The number of nitrogens with one attached hydrogen (secondary N) is 1. The van der Waals surface area contributed by atoms with Crippen molar-refractivity contribution >= 4 is 0 Å². The highest BCUT2D eigenvalue weighted by Gasteiger charge is 2.36. The summed E-state index contributed by atoms with van der Waals surface area (Å²) in [4.78, 5) is 2.53. The second-order valence-corrected chi connectivity index (χ2v) is 7.64. The minimum atomic E-state index is 0.486. The van der Waals surface area contributed by atoms with E-state index < -0.39 is 0 Å². The van der Waals surface area contributed by atoms with E-state index in [1.807, 2.05) is 0 Å². The molecule has 0 spiro atoms. The monoisotopic (exact) mass is 282 g/mol. The highest BCUT2D eigenvalue weighted by Crippen LogP contribution is 2.37. The van der Waals surface area contributed by atoms with Gasteiger partial charge in [-0.3, -0.25) is 4.90 Å². The molecule has 3 heteroatoms. The van der Waals surface area contributed by atoms with Gasteiger partial charge in [-0.2, -0.15) is 0 Å². The molecular formula is C17H34N2O. The number of rotatable bonds is 8. The van der Waals surface area contributed by atoms with Gasteiger partial charge in [-0.25, -0.2) is 0 Å². The molecule has 0 bridgehead atoms. The fourth-order valence-corrected chi connectivity index (χ4v) is 3.42. The van der Waals surface area contributed by atoms with Crippen LogP contribution < -0.4 is 5.32 Å². The number of likely N-dealkylation sites (N-methyl/N-ethyl adjacent to an activating group) is 2. The van der Waals surface area contributed by atoms with Crippen LogP contribution in [0, 0.1) is 11.3 Å². The van der Waals surface area contributed by atoms with Crippen molar-refractivity contribution in [3.05, 3.63) is 0 Å². The minimum absolute atomic E-state index is 0.486. The van der Waals surface area contributed by atoms with E-state index in [4.69, 9.17) is 4.74 Å². The van der Waals surface area contributed by atoms with Crippen LogP contribution in [-0.4, -0.2) is 50.3 Å². The van der Waals surface area contributed by atoms with Gasteiger partial charge < -0.3 is 10.1 Å². The van der Waals surface area contributed by atoms with Crippen LogP contribution in [0.2, 0.25) is 0 Å². The predicted octanol–water partition coefficient (Wildman–Crippen LogP) is 2.90. The first-order valence-corrected chi connectivity index (χ1v) is 8.53. The molecule has 2 unspecified atom stereocenters. The Kier molecular flexibility index (Phi) is 5.88. The van der Waals surface area contributed by atoms with Crippen LogP contribution in [0.5, 0.6) is 0 Å². The Morgan fingerprint density at radius 2 is 2.00 bits per heavy atom. The highest BCUT2D eigenvalue weighted by molar-refractivity contribution is 4.93. The van der Waals surface area contributed by atoms with Crippen LogP contribution in [0.4, 0.5) is 0 Å². The molecule has 0 aromatic heterocycles. The maximum atomic E-state index is 5.80. The SMILES string of the molecule is CCNC1CCC(C)(C)CC1N(C)CCOCC1CC1. The summed E-state index contributed by atoms with van der Waals surface area (Å²) in [7, 11) is 2.27. The number of nitrogens with zero attached hydrogens (tertiary/aromatic N) is 1. The zero-order valence-electron chi connectivity index (χ0n) is 14.0. The van der Waals surface area contributed by atoms with Gasteiger partial charge in [0.25, 0.3) is 0 Å². The molecule has 2 atom stereocenters. The molecule has 2 fully saturated rings. The van der Waals surface area contributed by atoms with E-state index in [1.165, 1.54) is 32.1 Å². The van der Waals surface area contributed by atoms with Crippen molar-refractivity contribution in [3.63, 3.8) is 0 Å². The smallest absolute Gasteiger partial charge is 0.0593 e. The molecule has 0 aromatic rings. The Morgan fingerprint density at radius 3 is 2.65 bits per heavy atom. The molecule has 0 aromatic carbocycles. The highest BCUT2D eigenvalue weighted by atomic mass is 16.5. The number of hydrogen-bond acceptors (Lipinski definition) is 3. The molecule has 0 heterocycles. The van der Waals surface area contributed by atoms with Crippen molar-refractivity contribution in [2.45, 2.75) is 65.0 Å². The van der Waals surface area contributed by atoms with Gasteiger partial charge in [-0.1, -0.05) is 20.8 Å². The minimum Gasteiger partial charge on any atom is -0.380 e. The third-order valence-corrected chi connectivity index (χ3v) is 5.03. The molecule has 2 saturated carbocycles. The van der Waals surface area contributed by atoms with Crippen molar-refractivity contribution in [2.75, 3.05) is 33.4 Å².